The normalized spacial score (nSPS) is 12.0. The highest BCUT2D eigenvalue weighted by atomic mass is 16.5. The van der Waals surface area contributed by atoms with Crippen LogP contribution < -0.4 is 10.1 Å². The van der Waals surface area contributed by atoms with Crippen molar-refractivity contribution in [3.8, 4) is 5.75 Å². The Bertz CT molecular complexity index is 609. The number of benzene rings is 1. The van der Waals surface area contributed by atoms with Gasteiger partial charge in [0, 0.05) is 6.07 Å². The topological polar surface area (TPSA) is 73.6 Å². The van der Waals surface area contributed by atoms with Gasteiger partial charge in [0.25, 0.3) is 5.91 Å². The summed E-state index contributed by atoms with van der Waals surface area (Å²) < 4.78 is 15.6. The Hall–Kier alpha value is -2.34. The lowest BCUT2D eigenvalue weighted by molar-refractivity contribution is -0.127. The van der Waals surface area contributed by atoms with Crippen molar-refractivity contribution in [2.24, 2.45) is 0 Å². The van der Waals surface area contributed by atoms with E-state index in [9.17, 15) is 4.79 Å². The molecule has 0 aliphatic heterocycles. The second kappa shape index (κ2) is 6.90. The fraction of sp³-hybridized carbons (Fsp3) is 0.333. The lowest BCUT2D eigenvalue weighted by atomic mass is 10.2. The zero-order valence-corrected chi connectivity index (χ0v) is 12.3. The molecule has 0 saturated heterocycles. The van der Waals surface area contributed by atoms with Gasteiger partial charge in [0.15, 0.2) is 5.82 Å². The van der Waals surface area contributed by atoms with Crippen molar-refractivity contribution in [2.45, 2.75) is 26.6 Å². The summed E-state index contributed by atoms with van der Waals surface area (Å²) in [5, 5.41) is 6.33. The molecule has 6 nitrogen and oxygen atoms in total. The Morgan fingerprint density at radius 3 is 2.90 bits per heavy atom. The molecule has 6 heteroatoms. The number of hydrogen-bond acceptors (Lipinski definition) is 5. The van der Waals surface area contributed by atoms with E-state index in [1.54, 1.807) is 27.0 Å². The van der Waals surface area contributed by atoms with Crippen LogP contribution in [0.3, 0.4) is 0 Å². The molecule has 1 aromatic heterocycles. The summed E-state index contributed by atoms with van der Waals surface area (Å²) >= 11 is 0. The summed E-state index contributed by atoms with van der Waals surface area (Å²) in [5.41, 5.74) is 0.936. The van der Waals surface area contributed by atoms with Gasteiger partial charge in [-0.25, -0.2) is 0 Å². The highest BCUT2D eigenvalue weighted by Crippen LogP contribution is 2.14. The third-order valence-electron chi connectivity index (χ3n) is 2.88. The van der Waals surface area contributed by atoms with E-state index in [-0.39, 0.29) is 5.91 Å². The van der Waals surface area contributed by atoms with Gasteiger partial charge in [-0.3, -0.25) is 4.79 Å². The van der Waals surface area contributed by atoms with E-state index < -0.39 is 6.10 Å². The maximum atomic E-state index is 11.9. The van der Waals surface area contributed by atoms with Gasteiger partial charge in [0.05, 0.1) is 13.7 Å². The number of carbonyl (C=O) groups is 1. The molecule has 0 saturated carbocycles. The summed E-state index contributed by atoms with van der Waals surface area (Å²) in [6, 6.07) is 9.15. The van der Waals surface area contributed by atoms with Crippen LogP contribution in [0.5, 0.6) is 5.75 Å². The molecule has 1 atom stereocenters. The Labute approximate surface area is 123 Å². The van der Waals surface area contributed by atoms with Crippen molar-refractivity contribution in [3.63, 3.8) is 0 Å². The van der Waals surface area contributed by atoms with Crippen LogP contribution in [0.15, 0.2) is 34.9 Å². The van der Waals surface area contributed by atoms with Crippen molar-refractivity contribution < 1.29 is 18.8 Å². The lowest BCUT2D eigenvalue weighted by Gasteiger charge is -2.12. The Morgan fingerprint density at radius 1 is 1.43 bits per heavy atom. The Kier molecular flexibility index (Phi) is 4.94. The molecule has 0 radical (unpaired) electrons. The molecule has 1 aromatic carbocycles. The van der Waals surface area contributed by atoms with Crippen molar-refractivity contribution in [3.05, 3.63) is 41.7 Å². The number of aromatic nitrogens is 1. The van der Waals surface area contributed by atoms with Gasteiger partial charge in [-0.15, -0.1) is 0 Å². The smallest absolute Gasteiger partial charge is 0.254 e. The molecule has 1 amide bonds. The van der Waals surface area contributed by atoms with Gasteiger partial charge in [-0.05, 0) is 31.5 Å². The molecule has 0 unspecified atom stereocenters. The van der Waals surface area contributed by atoms with Gasteiger partial charge in [-0.1, -0.05) is 17.3 Å². The Balaban J connectivity index is 1.85. The monoisotopic (exact) mass is 290 g/mol. The van der Waals surface area contributed by atoms with Crippen LogP contribution in [0.2, 0.25) is 0 Å². The number of rotatable bonds is 6. The van der Waals surface area contributed by atoms with Crippen LogP contribution in [-0.2, 0) is 16.1 Å². The quantitative estimate of drug-likeness (QED) is 0.885. The Morgan fingerprint density at radius 2 is 2.24 bits per heavy atom. The molecule has 0 aliphatic carbocycles. The minimum atomic E-state index is -0.604. The van der Waals surface area contributed by atoms with E-state index in [4.69, 9.17) is 14.0 Å². The van der Waals surface area contributed by atoms with Crippen LogP contribution in [0.1, 0.15) is 18.2 Å². The number of amides is 1. The summed E-state index contributed by atoms with van der Waals surface area (Å²) in [4.78, 5) is 11.9. The van der Waals surface area contributed by atoms with E-state index in [1.807, 2.05) is 24.3 Å². The lowest BCUT2D eigenvalue weighted by Crippen LogP contribution is -2.27. The number of anilines is 1. The van der Waals surface area contributed by atoms with E-state index >= 15 is 0 Å². The minimum absolute atomic E-state index is 0.272. The van der Waals surface area contributed by atoms with Crippen LogP contribution >= 0.6 is 0 Å². The number of carbonyl (C=O) groups excluding carboxylic acids is 1. The standard InChI is InChI=1S/C15H18N2O4/c1-10-7-14(17-21-10)16-15(18)11(2)20-9-12-5-4-6-13(8-12)19-3/h4-8,11H,9H2,1-3H3,(H,16,17,18)/t11-/m0/s1. The number of nitrogens with one attached hydrogen (secondary N) is 1. The number of methoxy groups -OCH3 is 1. The molecule has 0 spiro atoms. The first kappa shape index (κ1) is 15.1. The van der Waals surface area contributed by atoms with Crippen LogP contribution in [-0.4, -0.2) is 24.3 Å². The van der Waals surface area contributed by atoms with Crippen LogP contribution in [0.25, 0.3) is 0 Å². The summed E-state index contributed by atoms with van der Waals surface area (Å²) in [7, 11) is 1.61. The number of nitrogens with zero attached hydrogens (tertiary/aromatic N) is 1. The average Bonchev–Trinajstić information content (AvgIpc) is 2.90. The van der Waals surface area contributed by atoms with E-state index in [1.165, 1.54) is 0 Å². The predicted octanol–water partition coefficient (Wildman–Crippen LogP) is 2.54. The maximum absolute atomic E-state index is 11.9. The van der Waals surface area contributed by atoms with E-state index in [2.05, 4.69) is 10.5 Å². The zero-order chi connectivity index (χ0) is 15.2. The van der Waals surface area contributed by atoms with Crippen molar-refractivity contribution in [1.29, 1.82) is 0 Å². The van der Waals surface area contributed by atoms with Crippen molar-refractivity contribution in [1.82, 2.24) is 5.16 Å². The summed E-state index contributed by atoms with van der Waals surface area (Å²) in [6.07, 6.45) is -0.604. The molecule has 1 heterocycles. The summed E-state index contributed by atoms with van der Waals surface area (Å²) in [6.45, 7) is 3.76. The fourth-order valence-electron chi connectivity index (χ4n) is 1.71. The third-order valence-corrected chi connectivity index (χ3v) is 2.88. The van der Waals surface area contributed by atoms with Crippen molar-refractivity contribution in [2.75, 3.05) is 12.4 Å². The van der Waals surface area contributed by atoms with E-state index in [0.717, 1.165) is 11.3 Å². The molecule has 21 heavy (non-hydrogen) atoms. The van der Waals surface area contributed by atoms with Crippen LogP contribution in [0, 0.1) is 6.92 Å². The molecule has 2 aromatic rings. The first-order chi connectivity index (χ1) is 10.1. The van der Waals surface area contributed by atoms with Gasteiger partial charge >= 0.3 is 0 Å². The first-order valence-corrected chi connectivity index (χ1v) is 6.57. The predicted molar refractivity (Wildman–Crippen MR) is 77.1 cm³/mol. The number of aryl methyl sites for hydroxylation is 1. The molecule has 112 valence electrons. The van der Waals surface area contributed by atoms with Gasteiger partial charge in [0.1, 0.15) is 17.6 Å². The largest absolute Gasteiger partial charge is 0.497 e. The summed E-state index contributed by atoms with van der Waals surface area (Å²) in [5.74, 6) is 1.50. The highest BCUT2D eigenvalue weighted by molar-refractivity contribution is 5.93. The molecule has 0 bridgehead atoms. The first-order valence-electron chi connectivity index (χ1n) is 6.57. The minimum Gasteiger partial charge on any atom is -0.497 e. The second-order valence-corrected chi connectivity index (χ2v) is 4.62. The molecule has 0 fully saturated rings. The number of hydrogen-bond donors (Lipinski definition) is 1. The van der Waals surface area contributed by atoms with Gasteiger partial charge in [-0.2, -0.15) is 0 Å². The van der Waals surface area contributed by atoms with Gasteiger partial charge < -0.3 is 19.3 Å². The van der Waals surface area contributed by atoms with E-state index in [0.29, 0.717) is 18.2 Å². The maximum Gasteiger partial charge on any atom is 0.254 e. The molecule has 2 rings (SSSR count). The van der Waals surface area contributed by atoms with Crippen molar-refractivity contribution >= 4 is 11.7 Å². The second-order valence-electron chi connectivity index (χ2n) is 4.62. The fourth-order valence-corrected chi connectivity index (χ4v) is 1.71. The highest BCUT2D eigenvalue weighted by Gasteiger charge is 2.15. The van der Waals surface area contributed by atoms with Crippen LogP contribution in [0.4, 0.5) is 5.82 Å². The average molecular weight is 290 g/mol. The molecule has 1 N–H and O–H groups in total. The molecular formula is C15H18N2O4. The number of ether oxygens (including phenoxy) is 2. The molecule has 0 aliphatic rings. The molecular weight excluding hydrogens is 272 g/mol. The third kappa shape index (κ3) is 4.32. The van der Waals surface area contributed by atoms with Gasteiger partial charge in [0.2, 0.25) is 0 Å². The zero-order valence-electron chi connectivity index (χ0n) is 12.3. The SMILES string of the molecule is COc1cccc(CO[C@@H](C)C(=O)Nc2cc(C)on2)c1.